The molecule has 0 spiro atoms. The number of thiophene rings is 1. The number of hydrogen-bond acceptors (Lipinski definition) is 8. The number of hydrogen-bond donors (Lipinski definition) is 2. The summed E-state index contributed by atoms with van der Waals surface area (Å²) in [5, 5.41) is 14.3. The number of benzene rings is 1. The van der Waals surface area contributed by atoms with Crippen molar-refractivity contribution in [1.29, 1.82) is 0 Å². The molecule has 3 aromatic rings. The fourth-order valence-corrected chi connectivity index (χ4v) is 4.96. The molecular formula is C22H22N6O4S. The molecule has 2 aromatic heterocycles. The van der Waals surface area contributed by atoms with E-state index < -0.39 is 24.4 Å². The maximum Gasteiger partial charge on any atom is 0.357 e. The molecule has 33 heavy (non-hydrogen) atoms. The zero-order valence-electron chi connectivity index (χ0n) is 17.9. The fourth-order valence-electron chi connectivity index (χ4n) is 3.65. The molecule has 0 bridgehead atoms. The summed E-state index contributed by atoms with van der Waals surface area (Å²) in [5.74, 6) is -1.54. The molecule has 10 nitrogen and oxygen atoms in total. The number of nitrogens with one attached hydrogen (secondary N) is 1. The molecule has 0 unspecified atom stereocenters. The van der Waals surface area contributed by atoms with E-state index in [4.69, 9.17) is 10.5 Å². The Kier molecular flexibility index (Phi) is 6.59. The summed E-state index contributed by atoms with van der Waals surface area (Å²) in [4.78, 5) is 38.4. The van der Waals surface area contributed by atoms with E-state index >= 15 is 0 Å². The molecule has 4 rings (SSSR count). The maximum absolute atomic E-state index is 12.8. The number of fused-ring (bicyclic) bond motifs is 1. The molecule has 1 aliphatic rings. The van der Waals surface area contributed by atoms with Crippen LogP contribution in [-0.4, -0.2) is 44.6 Å². The Morgan fingerprint density at radius 1 is 1.21 bits per heavy atom. The van der Waals surface area contributed by atoms with Crippen molar-refractivity contribution >= 4 is 45.9 Å². The van der Waals surface area contributed by atoms with Gasteiger partial charge in [0.05, 0.1) is 5.56 Å². The molecule has 0 atom stereocenters. The van der Waals surface area contributed by atoms with Crippen LogP contribution in [0.4, 0.5) is 5.00 Å². The summed E-state index contributed by atoms with van der Waals surface area (Å²) in [6.45, 7) is 1.09. The number of rotatable bonds is 7. The van der Waals surface area contributed by atoms with E-state index in [-0.39, 0.29) is 5.70 Å². The first-order valence-electron chi connectivity index (χ1n) is 10.4. The van der Waals surface area contributed by atoms with Gasteiger partial charge >= 0.3 is 5.97 Å². The van der Waals surface area contributed by atoms with Crippen LogP contribution in [0.25, 0.3) is 11.8 Å². The highest BCUT2D eigenvalue weighted by Gasteiger charge is 2.25. The monoisotopic (exact) mass is 466 g/mol. The number of nitrogens with two attached hydrogens (primary N) is 1. The number of tetrazole rings is 1. The predicted molar refractivity (Wildman–Crippen MR) is 122 cm³/mol. The first-order valence-corrected chi connectivity index (χ1v) is 11.2. The van der Waals surface area contributed by atoms with E-state index in [9.17, 15) is 14.4 Å². The number of anilines is 1. The van der Waals surface area contributed by atoms with Crippen LogP contribution in [0.1, 0.15) is 45.0 Å². The second-order valence-electron chi connectivity index (χ2n) is 7.48. The van der Waals surface area contributed by atoms with E-state index in [2.05, 4.69) is 20.8 Å². The number of esters is 1. The molecule has 0 saturated heterocycles. The highest BCUT2D eigenvalue weighted by atomic mass is 32.1. The Balaban J connectivity index is 1.49. The lowest BCUT2D eigenvalue weighted by Crippen LogP contribution is -2.24. The summed E-state index contributed by atoms with van der Waals surface area (Å²) < 4.78 is 6.49. The smallest absolute Gasteiger partial charge is 0.357 e. The molecule has 11 heteroatoms. The third kappa shape index (κ3) is 4.98. The number of primary amides is 1. The molecule has 0 radical (unpaired) electrons. The Morgan fingerprint density at radius 3 is 2.67 bits per heavy atom. The second-order valence-corrected chi connectivity index (χ2v) is 8.59. The van der Waals surface area contributed by atoms with Gasteiger partial charge in [0, 0.05) is 4.88 Å². The topological polar surface area (TPSA) is 142 Å². The van der Waals surface area contributed by atoms with Crippen LogP contribution in [0.3, 0.4) is 0 Å². The summed E-state index contributed by atoms with van der Waals surface area (Å²) in [7, 11) is 0. The van der Waals surface area contributed by atoms with Crippen molar-refractivity contribution in [3.05, 3.63) is 57.7 Å². The van der Waals surface area contributed by atoms with Crippen LogP contribution in [0.2, 0.25) is 0 Å². The van der Waals surface area contributed by atoms with Crippen LogP contribution < -0.4 is 11.1 Å². The van der Waals surface area contributed by atoms with Crippen LogP contribution in [-0.2, 0) is 27.2 Å². The van der Waals surface area contributed by atoms with Crippen molar-refractivity contribution < 1.29 is 19.1 Å². The maximum atomic E-state index is 12.8. The van der Waals surface area contributed by atoms with Crippen molar-refractivity contribution in [3.63, 3.8) is 0 Å². The summed E-state index contributed by atoms with van der Waals surface area (Å²) >= 11 is 1.35. The highest BCUT2D eigenvalue weighted by molar-refractivity contribution is 7.17. The van der Waals surface area contributed by atoms with Crippen molar-refractivity contribution in [2.45, 2.75) is 32.6 Å². The van der Waals surface area contributed by atoms with Gasteiger partial charge in [0.25, 0.3) is 11.8 Å². The number of nitrogens with zero attached hydrogens (tertiary/aromatic N) is 4. The lowest BCUT2D eigenvalue weighted by molar-refractivity contribution is -0.141. The minimum absolute atomic E-state index is 0.0564. The van der Waals surface area contributed by atoms with E-state index in [0.717, 1.165) is 41.7 Å². The van der Waals surface area contributed by atoms with Crippen molar-refractivity contribution in [1.82, 2.24) is 20.2 Å². The predicted octanol–water partition coefficient (Wildman–Crippen LogP) is 2.20. The Hall–Kier alpha value is -3.86. The zero-order valence-corrected chi connectivity index (χ0v) is 18.7. The van der Waals surface area contributed by atoms with Gasteiger partial charge in [-0.2, -0.15) is 4.68 Å². The standard InChI is InChI=1S/C22H22N6O4S/c1-13-25-26-27-28(13)16(11-14-7-3-2-4-8-14)22(31)32-12-18(29)24-21-19(20(23)30)15-9-5-6-10-17(15)33-21/h2-4,7-8,11H,5-6,9-10,12H2,1H3,(H2,23,30)(H,24,29)/b16-11-. The summed E-state index contributed by atoms with van der Waals surface area (Å²) in [6.07, 6.45) is 5.19. The molecule has 1 aromatic carbocycles. The molecule has 0 fully saturated rings. The Labute approximate surface area is 193 Å². The minimum atomic E-state index is -0.773. The first kappa shape index (κ1) is 22.3. The zero-order chi connectivity index (χ0) is 23.4. The number of aryl methyl sites for hydroxylation is 2. The summed E-state index contributed by atoms with van der Waals surface area (Å²) in [5.41, 5.74) is 7.62. The van der Waals surface area contributed by atoms with Gasteiger partial charge < -0.3 is 15.8 Å². The van der Waals surface area contributed by atoms with Gasteiger partial charge in [-0.25, -0.2) is 4.79 Å². The number of carbonyl (C=O) groups excluding carboxylic acids is 3. The van der Waals surface area contributed by atoms with Gasteiger partial charge in [-0.15, -0.1) is 16.4 Å². The molecule has 0 aliphatic heterocycles. The quantitative estimate of drug-likeness (QED) is 0.401. The van der Waals surface area contributed by atoms with Crippen molar-refractivity contribution in [2.24, 2.45) is 5.73 Å². The molecular weight excluding hydrogens is 444 g/mol. The van der Waals surface area contributed by atoms with Crippen LogP contribution in [0.15, 0.2) is 30.3 Å². The van der Waals surface area contributed by atoms with Gasteiger partial charge in [-0.05, 0) is 60.2 Å². The average molecular weight is 467 g/mol. The van der Waals surface area contributed by atoms with Crippen molar-refractivity contribution in [2.75, 3.05) is 11.9 Å². The molecule has 2 heterocycles. The lowest BCUT2D eigenvalue weighted by Gasteiger charge is -2.11. The Morgan fingerprint density at radius 2 is 1.97 bits per heavy atom. The van der Waals surface area contributed by atoms with Gasteiger partial charge in [0.2, 0.25) is 0 Å². The highest BCUT2D eigenvalue weighted by Crippen LogP contribution is 2.37. The number of aromatic nitrogens is 4. The van der Waals surface area contributed by atoms with Gasteiger partial charge in [0.15, 0.2) is 18.1 Å². The third-order valence-electron chi connectivity index (χ3n) is 5.17. The minimum Gasteiger partial charge on any atom is -0.451 e. The Bertz CT molecular complexity index is 1230. The second kappa shape index (κ2) is 9.74. The van der Waals surface area contributed by atoms with Crippen LogP contribution >= 0.6 is 11.3 Å². The van der Waals surface area contributed by atoms with Crippen LogP contribution in [0.5, 0.6) is 0 Å². The first-order chi connectivity index (χ1) is 15.9. The van der Waals surface area contributed by atoms with E-state index in [1.807, 2.05) is 30.3 Å². The normalized spacial score (nSPS) is 13.3. The van der Waals surface area contributed by atoms with Crippen molar-refractivity contribution in [3.8, 4) is 0 Å². The lowest BCUT2D eigenvalue weighted by atomic mass is 9.95. The number of carbonyl (C=O) groups is 3. The largest absolute Gasteiger partial charge is 0.451 e. The van der Waals surface area contributed by atoms with Crippen LogP contribution in [0, 0.1) is 6.92 Å². The number of amides is 2. The molecule has 3 N–H and O–H groups in total. The summed E-state index contributed by atoms with van der Waals surface area (Å²) in [6, 6.07) is 9.12. The SMILES string of the molecule is Cc1nnnn1/C(=C\c1ccccc1)C(=O)OCC(=O)Nc1sc2c(c1C(N)=O)CCCC2. The fraction of sp³-hybridized carbons (Fsp3) is 0.273. The molecule has 1 aliphatic carbocycles. The van der Waals surface area contributed by atoms with E-state index in [1.54, 1.807) is 13.0 Å². The molecule has 0 saturated carbocycles. The van der Waals surface area contributed by atoms with Gasteiger partial charge in [-0.3, -0.25) is 9.59 Å². The van der Waals surface area contributed by atoms with E-state index in [0.29, 0.717) is 16.4 Å². The van der Waals surface area contributed by atoms with Gasteiger partial charge in [-0.1, -0.05) is 30.3 Å². The molecule has 2 amide bonds. The third-order valence-corrected chi connectivity index (χ3v) is 6.38. The average Bonchev–Trinajstić information content (AvgIpc) is 3.39. The van der Waals surface area contributed by atoms with E-state index in [1.165, 1.54) is 16.0 Å². The number of ether oxygens (including phenoxy) is 1. The molecule has 170 valence electrons. The van der Waals surface area contributed by atoms with Gasteiger partial charge in [0.1, 0.15) is 5.00 Å².